The Morgan fingerprint density at radius 1 is 1.67 bits per heavy atom. The largest absolute Gasteiger partial charge is 0.381 e. The molecule has 1 saturated heterocycles. The summed E-state index contributed by atoms with van der Waals surface area (Å²) in [7, 11) is 0. The Hall–Kier alpha value is -0.240. The zero-order valence-electron chi connectivity index (χ0n) is 5.17. The summed E-state index contributed by atoms with van der Waals surface area (Å²) in [4.78, 5) is 3.80. The molecule has 1 rings (SSSR count). The van der Waals surface area contributed by atoms with Crippen molar-refractivity contribution in [2.75, 3.05) is 19.8 Å². The highest BCUT2D eigenvalue weighted by atomic mass is 32.1. The lowest BCUT2D eigenvalue weighted by atomic mass is 10.1. The molecule has 0 atom stereocenters. The highest BCUT2D eigenvalue weighted by Crippen LogP contribution is 2.13. The minimum Gasteiger partial charge on any atom is -0.381 e. The Morgan fingerprint density at radius 3 is 2.89 bits per heavy atom. The minimum atomic E-state index is 0.733. The van der Waals surface area contributed by atoms with E-state index in [2.05, 4.69) is 22.4 Å². The Balaban J connectivity index is 1.97. The predicted octanol–water partition coefficient (Wildman–Crippen LogP) is 1.13. The molecule has 1 aliphatic heterocycles. The summed E-state index contributed by atoms with van der Waals surface area (Å²) in [6, 6.07) is 0. The van der Waals surface area contributed by atoms with Gasteiger partial charge < -0.3 is 4.74 Å². The van der Waals surface area contributed by atoms with Gasteiger partial charge in [-0.3, -0.25) is 0 Å². The fourth-order valence-corrected chi connectivity index (χ4v) is 0.835. The van der Waals surface area contributed by atoms with Crippen molar-refractivity contribution in [2.45, 2.75) is 6.42 Å². The van der Waals surface area contributed by atoms with Crippen molar-refractivity contribution in [3.05, 3.63) is 0 Å². The lowest BCUT2D eigenvalue weighted by Gasteiger charge is -2.24. The second-order valence-electron chi connectivity index (χ2n) is 2.17. The molecule has 0 spiro atoms. The minimum absolute atomic E-state index is 0.733. The van der Waals surface area contributed by atoms with Gasteiger partial charge in [0.15, 0.2) is 0 Å². The first-order valence-corrected chi connectivity index (χ1v) is 3.45. The zero-order valence-corrected chi connectivity index (χ0v) is 5.99. The average Bonchev–Trinajstić information content (AvgIpc) is 1.76. The number of hydrogen-bond donors (Lipinski definition) is 0. The Kier molecular flexibility index (Phi) is 2.84. The second-order valence-corrected chi connectivity index (χ2v) is 2.35. The van der Waals surface area contributed by atoms with Gasteiger partial charge in [0.25, 0.3) is 0 Å². The summed E-state index contributed by atoms with van der Waals surface area (Å²) in [6.45, 7) is 2.64. The molecule has 9 heavy (non-hydrogen) atoms. The first kappa shape index (κ1) is 6.87. The van der Waals surface area contributed by atoms with Gasteiger partial charge in [-0.05, 0) is 18.6 Å². The van der Waals surface area contributed by atoms with Crippen LogP contribution in [-0.4, -0.2) is 24.9 Å². The number of rotatable bonds is 3. The van der Waals surface area contributed by atoms with Crippen LogP contribution in [0.25, 0.3) is 0 Å². The van der Waals surface area contributed by atoms with Crippen LogP contribution in [0.15, 0.2) is 4.99 Å². The number of aliphatic imine (C=N–C) groups is 1. The molecular formula is C6H9NOS. The molecule has 0 saturated carbocycles. The van der Waals surface area contributed by atoms with Crippen molar-refractivity contribution >= 4 is 17.4 Å². The first-order valence-electron chi connectivity index (χ1n) is 3.05. The zero-order chi connectivity index (χ0) is 6.53. The van der Waals surface area contributed by atoms with Crippen molar-refractivity contribution in [3.63, 3.8) is 0 Å². The SMILES string of the molecule is S=C=NCCC1COC1. The highest BCUT2D eigenvalue weighted by Gasteiger charge is 2.16. The molecule has 0 aliphatic carbocycles. The quantitative estimate of drug-likeness (QED) is 0.436. The van der Waals surface area contributed by atoms with Crippen LogP contribution in [0.5, 0.6) is 0 Å². The Labute approximate surface area is 59.9 Å². The first-order chi connectivity index (χ1) is 4.43. The molecule has 1 aliphatic rings. The molecule has 0 radical (unpaired) electrons. The van der Waals surface area contributed by atoms with E-state index in [1.54, 1.807) is 0 Å². The third kappa shape index (κ3) is 2.22. The average molecular weight is 143 g/mol. The third-order valence-electron chi connectivity index (χ3n) is 1.42. The number of thiocarbonyl (C=S) groups is 1. The number of ether oxygens (including phenoxy) is 1. The van der Waals surface area contributed by atoms with Crippen LogP contribution in [0.1, 0.15) is 6.42 Å². The molecule has 0 aromatic heterocycles. The summed E-state index contributed by atoms with van der Waals surface area (Å²) in [5, 5.41) is 2.34. The fraction of sp³-hybridized carbons (Fsp3) is 0.833. The van der Waals surface area contributed by atoms with Gasteiger partial charge in [-0.25, -0.2) is 4.99 Å². The van der Waals surface area contributed by atoms with E-state index < -0.39 is 0 Å². The topological polar surface area (TPSA) is 21.6 Å². The molecular weight excluding hydrogens is 134 g/mol. The van der Waals surface area contributed by atoms with Crippen LogP contribution >= 0.6 is 12.2 Å². The Bertz CT molecular complexity index is 127. The molecule has 3 heteroatoms. The van der Waals surface area contributed by atoms with Crippen LogP contribution < -0.4 is 0 Å². The maximum Gasteiger partial charge on any atom is 0.0584 e. The van der Waals surface area contributed by atoms with Crippen molar-refractivity contribution in [1.29, 1.82) is 0 Å². The van der Waals surface area contributed by atoms with Gasteiger partial charge in [0.1, 0.15) is 0 Å². The fourth-order valence-electron chi connectivity index (χ4n) is 0.744. The van der Waals surface area contributed by atoms with E-state index in [-0.39, 0.29) is 0 Å². The number of nitrogens with zero attached hydrogens (tertiary/aromatic N) is 1. The lowest BCUT2D eigenvalue weighted by Crippen LogP contribution is -2.27. The lowest BCUT2D eigenvalue weighted by molar-refractivity contribution is -0.0341. The van der Waals surface area contributed by atoms with E-state index >= 15 is 0 Å². The predicted molar refractivity (Wildman–Crippen MR) is 38.8 cm³/mol. The smallest absolute Gasteiger partial charge is 0.0584 e. The molecule has 0 aromatic rings. The monoisotopic (exact) mass is 143 g/mol. The summed E-state index contributed by atoms with van der Waals surface area (Å²) >= 11 is 4.41. The molecule has 1 heterocycles. The maximum atomic E-state index is 4.98. The molecule has 0 amide bonds. The van der Waals surface area contributed by atoms with E-state index in [4.69, 9.17) is 4.74 Å². The van der Waals surface area contributed by atoms with Gasteiger partial charge in [0, 0.05) is 12.5 Å². The summed E-state index contributed by atoms with van der Waals surface area (Å²) in [6.07, 6.45) is 1.10. The third-order valence-corrected chi connectivity index (χ3v) is 1.55. The highest BCUT2D eigenvalue weighted by molar-refractivity contribution is 7.78. The summed E-state index contributed by atoms with van der Waals surface area (Å²) < 4.78 is 4.98. The van der Waals surface area contributed by atoms with Crippen molar-refractivity contribution in [1.82, 2.24) is 0 Å². The standard InChI is InChI=1S/C6H9NOS/c9-5-7-2-1-6-3-8-4-6/h6H,1-4H2. The van der Waals surface area contributed by atoms with Gasteiger partial charge in [-0.2, -0.15) is 0 Å². The van der Waals surface area contributed by atoms with Crippen LogP contribution in [-0.2, 0) is 4.74 Å². The number of hydrogen-bond acceptors (Lipinski definition) is 3. The molecule has 0 aromatic carbocycles. The second kappa shape index (κ2) is 3.72. The molecule has 0 bridgehead atoms. The van der Waals surface area contributed by atoms with Crippen molar-refractivity contribution in [3.8, 4) is 0 Å². The van der Waals surface area contributed by atoms with Gasteiger partial charge in [0.2, 0.25) is 0 Å². The van der Waals surface area contributed by atoms with E-state index in [0.717, 1.165) is 32.1 Å². The van der Waals surface area contributed by atoms with Crippen LogP contribution in [0.3, 0.4) is 0 Å². The van der Waals surface area contributed by atoms with Crippen molar-refractivity contribution in [2.24, 2.45) is 10.9 Å². The van der Waals surface area contributed by atoms with Crippen LogP contribution in [0.2, 0.25) is 0 Å². The van der Waals surface area contributed by atoms with Gasteiger partial charge >= 0.3 is 0 Å². The van der Waals surface area contributed by atoms with Crippen LogP contribution in [0, 0.1) is 5.92 Å². The van der Waals surface area contributed by atoms with E-state index in [1.165, 1.54) is 0 Å². The molecule has 0 unspecified atom stereocenters. The van der Waals surface area contributed by atoms with Gasteiger partial charge in [-0.15, -0.1) is 0 Å². The number of isothiocyanates is 1. The molecule has 50 valence electrons. The van der Waals surface area contributed by atoms with Gasteiger partial charge in [0.05, 0.1) is 18.4 Å². The van der Waals surface area contributed by atoms with E-state index in [9.17, 15) is 0 Å². The summed E-state index contributed by atoms with van der Waals surface area (Å²) in [5.74, 6) is 0.733. The van der Waals surface area contributed by atoms with Crippen LogP contribution in [0.4, 0.5) is 0 Å². The maximum absolute atomic E-state index is 4.98. The molecule has 2 nitrogen and oxygen atoms in total. The van der Waals surface area contributed by atoms with Gasteiger partial charge in [-0.1, -0.05) is 0 Å². The summed E-state index contributed by atoms with van der Waals surface area (Å²) in [5.41, 5.74) is 0. The normalized spacial score (nSPS) is 18.2. The molecule has 1 fully saturated rings. The van der Waals surface area contributed by atoms with Crippen molar-refractivity contribution < 1.29 is 4.74 Å². The Morgan fingerprint density at radius 2 is 2.44 bits per heavy atom. The van der Waals surface area contributed by atoms with E-state index in [0.29, 0.717) is 0 Å². The molecule has 0 N–H and O–H groups in total. The van der Waals surface area contributed by atoms with E-state index in [1.807, 2.05) is 0 Å².